The summed E-state index contributed by atoms with van der Waals surface area (Å²) >= 11 is 11.6. The van der Waals surface area contributed by atoms with Crippen molar-refractivity contribution >= 4 is 35.0 Å². The molecule has 1 atom stereocenters. The molecule has 1 rings (SSSR count). The Morgan fingerprint density at radius 2 is 2.06 bits per heavy atom. The SMILES string of the molecule is CCOC(=O)C(Cl)C(=O)c1ccc(Cl)c(C)c1. The molecule has 0 saturated carbocycles. The van der Waals surface area contributed by atoms with Gasteiger partial charge in [-0.1, -0.05) is 11.6 Å². The van der Waals surface area contributed by atoms with Crippen LogP contribution in [0.2, 0.25) is 5.02 Å². The van der Waals surface area contributed by atoms with E-state index in [1.54, 1.807) is 26.0 Å². The van der Waals surface area contributed by atoms with Crippen molar-refractivity contribution in [2.75, 3.05) is 6.61 Å². The topological polar surface area (TPSA) is 43.4 Å². The van der Waals surface area contributed by atoms with Crippen molar-refractivity contribution in [2.24, 2.45) is 0 Å². The highest BCUT2D eigenvalue weighted by molar-refractivity contribution is 6.43. The van der Waals surface area contributed by atoms with Crippen LogP contribution in [-0.4, -0.2) is 23.7 Å². The van der Waals surface area contributed by atoms with Crippen LogP contribution >= 0.6 is 23.2 Å². The first-order valence-corrected chi connectivity index (χ1v) is 5.90. The molecule has 17 heavy (non-hydrogen) atoms. The van der Waals surface area contributed by atoms with Crippen LogP contribution in [0.1, 0.15) is 22.8 Å². The summed E-state index contributed by atoms with van der Waals surface area (Å²) in [4.78, 5) is 23.2. The molecule has 0 amide bonds. The van der Waals surface area contributed by atoms with Gasteiger partial charge in [0.05, 0.1) is 6.61 Å². The standard InChI is InChI=1S/C12H12Cl2O3/c1-3-17-12(16)10(14)11(15)8-4-5-9(13)7(2)6-8/h4-6,10H,3H2,1-2H3. The molecule has 0 spiro atoms. The van der Waals surface area contributed by atoms with Crippen LogP contribution in [0.25, 0.3) is 0 Å². The van der Waals surface area contributed by atoms with Crippen LogP contribution in [0, 0.1) is 6.92 Å². The molecule has 0 bridgehead atoms. The average molecular weight is 275 g/mol. The maximum absolute atomic E-state index is 11.8. The number of alkyl halides is 1. The monoisotopic (exact) mass is 274 g/mol. The Hall–Kier alpha value is -1.06. The molecule has 0 heterocycles. The van der Waals surface area contributed by atoms with Gasteiger partial charge in [-0.25, -0.2) is 4.79 Å². The molecule has 3 nitrogen and oxygen atoms in total. The Morgan fingerprint density at radius 1 is 1.41 bits per heavy atom. The summed E-state index contributed by atoms with van der Waals surface area (Å²) in [5, 5.41) is -0.751. The number of carbonyl (C=O) groups excluding carboxylic acids is 2. The summed E-state index contributed by atoms with van der Waals surface area (Å²) < 4.78 is 4.68. The van der Waals surface area contributed by atoms with E-state index >= 15 is 0 Å². The third kappa shape index (κ3) is 3.45. The van der Waals surface area contributed by atoms with Crippen molar-refractivity contribution in [2.45, 2.75) is 19.2 Å². The third-order valence-corrected chi connectivity index (χ3v) is 2.97. The second-order valence-electron chi connectivity index (χ2n) is 3.44. The average Bonchev–Trinajstić information content (AvgIpc) is 2.31. The number of hydrogen-bond acceptors (Lipinski definition) is 3. The lowest BCUT2D eigenvalue weighted by Gasteiger charge is -2.08. The van der Waals surface area contributed by atoms with E-state index in [0.717, 1.165) is 5.56 Å². The molecule has 0 aliphatic rings. The van der Waals surface area contributed by atoms with Gasteiger partial charge in [0.15, 0.2) is 11.2 Å². The number of halogens is 2. The van der Waals surface area contributed by atoms with Crippen LogP contribution < -0.4 is 0 Å². The number of ketones is 1. The maximum Gasteiger partial charge on any atom is 0.332 e. The summed E-state index contributed by atoms with van der Waals surface area (Å²) in [6, 6.07) is 4.73. The predicted octanol–water partition coefficient (Wildman–Crippen LogP) is 3.00. The second kappa shape index (κ2) is 6.03. The van der Waals surface area contributed by atoms with Gasteiger partial charge in [0, 0.05) is 10.6 Å². The third-order valence-electron chi connectivity index (χ3n) is 2.17. The number of rotatable bonds is 4. The highest BCUT2D eigenvalue weighted by atomic mass is 35.5. The van der Waals surface area contributed by atoms with E-state index in [1.807, 2.05) is 0 Å². The summed E-state index contributed by atoms with van der Waals surface area (Å²) in [5.74, 6) is -1.21. The zero-order valence-electron chi connectivity index (χ0n) is 9.50. The van der Waals surface area contributed by atoms with Crippen LogP contribution in [0.15, 0.2) is 18.2 Å². The first-order chi connectivity index (χ1) is 7.97. The smallest absolute Gasteiger partial charge is 0.332 e. The molecule has 0 fully saturated rings. The van der Waals surface area contributed by atoms with E-state index < -0.39 is 17.1 Å². The molecule has 1 aromatic carbocycles. The predicted molar refractivity (Wildman–Crippen MR) is 66.8 cm³/mol. The molecule has 0 aliphatic carbocycles. The molecular weight excluding hydrogens is 263 g/mol. The molecule has 0 N–H and O–H groups in total. The van der Waals surface area contributed by atoms with Gasteiger partial charge in [0.2, 0.25) is 0 Å². The van der Waals surface area contributed by atoms with Gasteiger partial charge in [0.25, 0.3) is 0 Å². The molecule has 0 aliphatic heterocycles. The highest BCUT2D eigenvalue weighted by Gasteiger charge is 2.26. The van der Waals surface area contributed by atoms with Crippen molar-refractivity contribution < 1.29 is 14.3 Å². The van der Waals surface area contributed by atoms with Gasteiger partial charge >= 0.3 is 5.97 Å². The Morgan fingerprint density at radius 3 is 2.59 bits per heavy atom. The van der Waals surface area contributed by atoms with Crippen LogP contribution in [0.3, 0.4) is 0 Å². The largest absolute Gasteiger partial charge is 0.465 e. The molecule has 92 valence electrons. The van der Waals surface area contributed by atoms with Gasteiger partial charge in [-0.2, -0.15) is 0 Å². The van der Waals surface area contributed by atoms with E-state index in [9.17, 15) is 9.59 Å². The van der Waals surface area contributed by atoms with E-state index in [2.05, 4.69) is 4.74 Å². The number of esters is 1. The number of aryl methyl sites for hydroxylation is 1. The van der Waals surface area contributed by atoms with Gasteiger partial charge in [-0.05, 0) is 37.6 Å². The Bertz CT molecular complexity index is 443. The Labute approximate surface area is 110 Å². The fourth-order valence-electron chi connectivity index (χ4n) is 1.27. The molecule has 0 saturated heterocycles. The lowest BCUT2D eigenvalue weighted by Crippen LogP contribution is -2.27. The summed E-state index contributed by atoms with van der Waals surface area (Å²) in [6.07, 6.45) is 0. The van der Waals surface area contributed by atoms with Gasteiger partial charge in [-0.15, -0.1) is 11.6 Å². The lowest BCUT2D eigenvalue weighted by atomic mass is 10.1. The lowest BCUT2D eigenvalue weighted by molar-refractivity contribution is -0.141. The van der Waals surface area contributed by atoms with Gasteiger partial charge in [0.1, 0.15) is 0 Å². The second-order valence-corrected chi connectivity index (χ2v) is 4.29. The van der Waals surface area contributed by atoms with Crippen molar-refractivity contribution in [3.05, 3.63) is 34.3 Å². The number of Topliss-reactive ketones (excluding diaryl/α,β-unsaturated/α-hetero) is 1. The molecule has 0 radical (unpaired) electrons. The number of carbonyl (C=O) groups is 2. The van der Waals surface area contributed by atoms with Crippen molar-refractivity contribution in [3.8, 4) is 0 Å². The Kier molecular flexibility index (Phi) is 4.97. The zero-order valence-corrected chi connectivity index (χ0v) is 11.0. The van der Waals surface area contributed by atoms with E-state index in [0.29, 0.717) is 10.6 Å². The minimum atomic E-state index is -1.31. The van der Waals surface area contributed by atoms with Gasteiger partial charge < -0.3 is 4.74 Å². The first-order valence-electron chi connectivity index (χ1n) is 5.08. The molecule has 0 aromatic heterocycles. The summed E-state index contributed by atoms with van der Waals surface area (Å²) in [5.41, 5.74) is 1.10. The van der Waals surface area contributed by atoms with E-state index in [-0.39, 0.29) is 6.61 Å². The van der Waals surface area contributed by atoms with Crippen LogP contribution in [-0.2, 0) is 9.53 Å². The highest BCUT2D eigenvalue weighted by Crippen LogP contribution is 2.18. The summed E-state index contributed by atoms with van der Waals surface area (Å²) in [6.45, 7) is 3.61. The molecule has 1 aromatic rings. The van der Waals surface area contributed by atoms with Crippen LogP contribution in [0.5, 0.6) is 0 Å². The minimum absolute atomic E-state index is 0.189. The molecule has 1 unspecified atom stereocenters. The molecular formula is C12H12Cl2O3. The molecule has 5 heteroatoms. The number of hydrogen-bond donors (Lipinski definition) is 0. The number of ether oxygens (including phenoxy) is 1. The van der Waals surface area contributed by atoms with Crippen molar-refractivity contribution in [1.29, 1.82) is 0 Å². The van der Waals surface area contributed by atoms with E-state index in [4.69, 9.17) is 23.2 Å². The summed E-state index contributed by atoms with van der Waals surface area (Å²) in [7, 11) is 0. The minimum Gasteiger partial charge on any atom is -0.465 e. The normalized spacial score (nSPS) is 12.0. The van der Waals surface area contributed by atoms with Crippen LogP contribution in [0.4, 0.5) is 0 Å². The van der Waals surface area contributed by atoms with Gasteiger partial charge in [-0.3, -0.25) is 4.79 Å². The van der Waals surface area contributed by atoms with Crippen molar-refractivity contribution in [3.63, 3.8) is 0 Å². The fourth-order valence-corrected chi connectivity index (χ4v) is 1.57. The zero-order chi connectivity index (χ0) is 13.0. The number of benzene rings is 1. The van der Waals surface area contributed by atoms with E-state index in [1.165, 1.54) is 6.07 Å². The Balaban J connectivity index is 2.89. The van der Waals surface area contributed by atoms with Crippen molar-refractivity contribution in [1.82, 2.24) is 0 Å². The first kappa shape index (κ1) is 14.0. The maximum atomic E-state index is 11.8. The fraction of sp³-hybridized carbons (Fsp3) is 0.333. The quantitative estimate of drug-likeness (QED) is 0.367.